The minimum Gasteiger partial charge on any atom is -0.480 e. The molecule has 0 aromatic rings. The van der Waals surface area contributed by atoms with E-state index in [-0.39, 0.29) is 109 Å². The van der Waals surface area contributed by atoms with E-state index >= 15 is 0 Å². The molecule has 0 saturated carbocycles. The van der Waals surface area contributed by atoms with Crippen molar-refractivity contribution in [1.29, 1.82) is 0 Å². The van der Waals surface area contributed by atoms with E-state index in [0.717, 1.165) is 51.4 Å². The highest BCUT2D eigenvalue weighted by Gasteiger charge is 2.26. The molecule has 0 spiro atoms. The van der Waals surface area contributed by atoms with Crippen molar-refractivity contribution in [3.63, 3.8) is 0 Å². The summed E-state index contributed by atoms with van der Waals surface area (Å²) < 4.78 is 21.2. The second-order valence-corrected chi connectivity index (χ2v) is 17.9. The van der Waals surface area contributed by atoms with E-state index < -0.39 is 78.9 Å². The summed E-state index contributed by atoms with van der Waals surface area (Å²) in [6.45, 7) is 5.46. The molecule has 0 heterocycles. The third-order valence-corrected chi connectivity index (χ3v) is 11.3. The van der Waals surface area contributed by atoms with Crippen molar-refractivity contribution in [1.82, 2.24) is 31.9 Å². The lowest BCUT2D eigenvalue weighted by molar-refractivity contribution is -0.144. The monoisotopic (exact) mass is 1040 g/mol. The molecule has 0 radical (unpaired) electrons. The van der Waals surface area contributed by atoms with Gasteiger partial charge in [0.25, 0.3) is 0 Å². The quantitative estimate of drug-likeness (QED) is 0.0395. The van der Waals surface area contributed by atoms with Gasteiger partial charge in [0.05, 0.1) is 39.6 Å². The van der Waals surface area contributed by atoms with Gasteiger partial charge < -0.3 is 71.0 Å². The summed E-state index contributed by atoms with van der Waals surface area (Å²) in [5, 5.41) is 43.7. The van der Waals surface area contributed by atoms with Crippen molar-refractivity contribution in [2.75, 3.05) is 72.5 Å². The molecule has 0 rings (SSSR count). The third kappa shape index (κ3) is 44.0. The molecule has 0 aliphatic rings. The van der Waals surface area contributed by atoms with Crippen LogP contribution in [0.2, 0.25) is 0 Å². The normalized spacial score (nSPS) is 12.2. The van der Waals surface area contributed by atoms with E-state index in [1.165, 1.54) is 44.9 Å². The Morgan fingerprint density at radius 3 is 1.04 bits per heavy atom. The average Bonchev–Trinajstić information content (AvgIpc) is 3.33. The van der Waals surface area contributed by atoms with Gasteiger partial charge in [-0.05, 0) is 45.4 Å². The molecule has 0 aliphatic heterocycles. The number of rotatable bonds is 51. The van der Waals surface area contributed by atoms with Crippen LogP contribution in [0.4, 0.5) is 0 Å². The molecular formula is C50H88N6O17. The van der Waals surface area contributed by atoms with Crippen LogP contribution in [-0.4, -0.2) is 165 Å². The van der Waals surface area contributed by atoms with Crippen molar-refractivity contribution in [3.8, 4) is 0 Å². The molecule has 0 aliphatic carbocycles. The first-order valence-corrected chi connectivity index (χ1v) is 26.2. The van der Waals surface area contributed by atoms with Gasteiger partial charge in [-0.1, -0.05) is 90.4 Å². The Morgan fingerprint density at radius 1 is 0.356 bits per heavy atom. The zero-order valence-electron chi connectivity index (χ0n) is 43.5. The second-order valence-electron chi connectivity index (χ2n) is 17.9. The molecule has 9 N–H and O–H groups in total. The van der Waals surface area contributed by atoms with Gasteiger partial charge in [0.2, 0.25) is 35.4 Å². The fraction of sp³-hybridized carbons (Fsp3) is 0.800. The number of amides is 6. The molecule has 3 atom stereocenters. The van der Waals surface area contributed by atoms with Crippen LogP contribution >= 0.6 is 0 Å². The highest BCUT2D eigenvalue weighted by Crippen LogP contribution is 2.14. The van der Waals surface area contributed by atoms with Crippen LogP contribution in [0.3, 0.4) is 0 Å². The largest absolute Gasteiger partial charge is 0.480 e. The molecule has 23 nitrogen and oxygen atoms in total. The van der Waals surface area contributed by atoms with Crippen LogP contribution < -0.4 is 31.9 Å². The number of hydrogen-bond acceptors (Lipinski definition) is 14. The number of carboxylic acid groups (broad SMARTS) is 3. The van der Waals surface area contributed by atoms with Crippen molar-refractivity contribution in [2.45, 2.75) is 186 Å². The van der Waals surface area contributed by atoms with E-state index in [9.17, 15) is 63.3 Å². The second kappa shape index (κ2) is 46.5. The predicted molar refractivity (Wildman–Crippen MR) is 268 cm³/mol. The first kappa shape index (κ1) is 67.7. The van der Waals surface area contributed by atoms with E-state index in [0.29, 0.717) is 19.4 Å². The number of hydrogen-bond donors (Lipinski definition) is 9. The lowest BCUT2D eigenvalue weighted by Crippen LogP contribution is -2.45. The number of aliphatic carboxylic acids is 3. The lowest BCUT2D eigenvalue weighted by Gasteiger charge is -2.18. The Kier molecular flexibility index (Phi) is 43.2. The number of unbranched alkanes of at least 4 members (excludes halogenated alkanes) is 14. The minimum absolute atomic E-state index is 0.0418. The number of Topliss-reactive ketones (excluding diaryl/α,β-unsaturated/α-hetero) is 1. The predicted octanol–water partition coefficient (Wildman–Crippen LogP) is 3.08. The van der Waals surface area contributed by atoms with Crippen molar-refractivity contribution >= 4 is 59.1 Å². The van der Waals surface area contributed by atoms with Gasteiger partial charge >= 0.3 is 17.9 Å². The van der Waals surface area contributed by atoms with E-state index in [1.54, 1.807) is 6.92 Å². The smallest absolute Gasteiger partial charge is 0.326 e. The standard InChI is InChI=1S/C50H88N6O17/c1-3-4-27-51-46(62)36-72-34-33-71-31-29-53-47(63)37-73-35-32-70-30-28-52-42(58)24-21-39(48(64)65)55-44(60)26-23-41(50(68)69)56-45(61)25-22-40(49(66)67)54-43(59)20-18-16-14-12-10-8-6-5-7-9-11-13-15-17-19-38(2)57/h39-41H,3-37H2,1-2H3,(H,51,62)(H,52,58)(H,53,63)(H,54,59)(H,55,60)(H,56,61)(H,64,65)(H,66,67)(H,68,69)/t39-,40-,41-/m0/s1. The maximum absolute atomic E-state index is 12.6. The molecule has 420 valence electrons. The van der Waals surface area contributed by atoms with Crippen LogP contribution in [0.1, 0.15) is 168 Å². The molecule has 73 heavy (non-hydrogen) atoms. The van der Waals surface area contributed by atoms with Gasteiger partial charge in [-0.2, -0.15) is 0 Å². The van der Waals surface area contributed by atoms with E-state index in [4.69, 9.17) is 18.9 Å². The van der Waals surface area contributed by atoms with E-state index in [1.807, 2.05) is 6.92 Å². The van der Waals surface area contributed by atoms with Crippen LogP contribution in [0.15, 0.2) is 0 Å². The minimum atomic E-state index is -1.56. The lowest BCUT2D eigenvalue weighted by atomic mass is 10.0. The Labute approximate surface area is 430 Å². The van der Waals surface area contributed by atoms with Gasteiger partial charge in [-0.15, -0.1) is 0 Å². The first-order chi connectivity index (χ1) is 35.0. The fourth-order valence-electron chi connectivity index (χ4n) is 7.07. The van der Waals surface area contributed by atoms with Crippen molar-refractivity contribution in [3.05, 3.63) is 0 Å². The van der Waals surface area contributed by atoms with Gasteiger partial charge in [-0.25, -0.2) is 14.4 Å². The zero-order chi connectivity index (χ0) is 54.3. The third-order valence-electron chi connectivity index (χ3n) is 11.3. The molecule has 0 saturated heterocycles. The number of carbonyl (C=O) groups is 10. The maximum Gasteiger partial charge on any atom is 0.326 e. The maximum atomic E-state index is 12.6. The van der Waals surface area contributed by atoms with Gasteiger partial charge in [0.1, 0.15) is 37.1 Å². The Hall–Kier alpha value is -5.26. The van der Waals surface area contributed by atoms with Crippen molar-refractivity contribution in [2.24, 2.45) is 0 Å². The number of ketones is 1. The number of ether oxygens (including phenoxy) is 4. The number of carboxylic acids is 3. The summed E-state index contributed by atoms with van der Waals surface area (Å²) in [6.07, 6.45) is 15.6. The van der Waals surface area contributed by atoms with Crippen LogP contribution in [0.25, 0.3) is 0 Å². The van der Waals surface area contributed by atoms with Gasteiger partial charge in [-0.3, -0.25) is 28.8 Å². The topological polar surface area (TPSA) is 340 Å². The summed E-state index contributed by atoms with van der Waals surface area (Å²) in [7, 11) is 0. The number of nitrogens with one attached hydrogen (secondary N) is 6. The molecule has 23 heteroatoms. The molecular weight excluding hydrogens is 957 g/mol. The summed E-state index contributed by atoms with van der Waals surface area (Å²) in [5.41, 5.74) is 0. The van der Waals surface area contributed by atoms with Crippen LogP contribution in [0, 0.1) is 0 Å². The molecule has 0 bridgehead atoms. The summed E-state index contributed by atoms with van der Waals surface area (Å²) in [4.78, 5) is 120. The van der Waals surface area contributed by atoms with Crippen molar-refractivity contribution < 1.29 is 82.2 Å². The summed E-state index contributed by atoms with van der Waals surface area (Å²) in [6, 6.07) is -4.40. The number of carbonyl (C=O) groups excluding carboxylic acids is 7. The SMILES string of the molecule is CCCCNC(=O)COCCOCCNC(=O)COCCOCCNC(=O)CC[C@H](NC(=O)CC[C@H](NC(=O)CC[C@H](NC(=O)CCCCCCCCCCCCCCCCC(C)=O)C(=O)O)C(=O)O)C(=O)O. The summed E-state index contributed by atoms with van der Waals surface area (Å²) >= 11 is 0. The molecule has 6 amide bonds. The van der Waals surface area contributed by atoms with Gasteiger partial charge in [0.15, 0.2) is 0 Å². The Morgan fingerprint density at radius 2 is 0.671 bits per heavy atom. The molecule has 0 unspecified atom stereocenters. The fourth-order valence-corrected chi connectivity index (χ4v) is 7.07. The van der Waals surface area contributed by atoms with Crippen LogP contribution in [0.5, 0.6) is 0 Å². The first-order valence-electron chi connectivity index (χ1n) is 26.2. The summed E-state index contributed by atoms with van der Waals surface area (Å²) in [5.74, 6) is -7.17. The van der Waals surface area contributed by atoms with Gasteiger partial charge in [0, 0.05) is 51.7 Å². The molecule has 0 aromatic carbocycles. The van der Waals surface area contributed by atoms with E-state index in [2.05, 4.69) is 31.9 Å². The molecule has 0 fully saturated rings. The highest BCUT2D eigenvalue weighted by molar-refractivity contribution is 5.87. The zero-order valence-corrected chi connectivity index (χ0v) is 43.5. The highest BCUT2D eigenvalue weighted by atomic mass is 16.5. The molecule has 0 aromatic heterocycles. The average molecular weight is 1050 g/mol. The Balaban J connectivity index is 4.20. The Bertz CT molecular complexity index is 1600. The van der Waals surface area contributed by atoms with Crippen LogP contribution in [-0.2, 0) is 66.9 Å².